The Labute approximate surface area is 191 Å². The number of fused-ring (bicyclic) bond motifs is 1. The summed E-state index contributed by atoms with van der Waals surface area (Å²) in [5.74, 6) is 0.903. The third-order valence-corrected chi connectivity index (χ3v) is 5.00. The van der Waals surface area contributed by atoms with Crippen molar-refractivity contribution in [1.29, 1.82) is 0 Å². The van der Waals surface area contributed by atoms with Gasteiger partial charge < -0.3 is 23.7 Å². The van der Waals surface area contributed by atoms with E-state index in [-0.39, 0.29) is 6.10 Å². The van der Waals surface area contributed by atoms with Gasteiger partial charge in [-0.3, -0.25) is 0 Å². The van der Waals surface area contributed by atoms with Crippen LogP contribution in [0.5, 0.6) is 11.5 Å². The summed E-state index contributed by atoms with van der Waals surface area (Å²) in [6.07, 6.45) is 8.81. The van der Waals surface area contributed by atoms with Crippen LogP contribution in [0.1, 0.15) is 40.2 Å². The van der Waals surface area contributed by atoms with Gasteiger partial charge in [-0.15, -0.1) is 0 Å². The second-order valence-corrected chi connectivity index (χ2v) is 8.29. The maximum absolute atomic E-state index is 11.9. The molecule has 2 rings (SSSR count). The van der Waals surface area contributed by atoms with Crippen LogP contribution >= 0.6 is 0 Å². The lowest BCUT2D eigenvalue weighted by atomic mass is 10.0. The lowest BCUT2D eigenvalue weighted by Crippen LogP contribution is -2.45. The zero-order chi connectivity index (χ0) is 23.7. The number of carbonyl (C=O) groups is 1. The molecule has 1 heterocycles. The minimum Gasteiger partial charge on any atom is -0.503 e. The molecule has 174 valence electrons. The zero-order valence-electron chi connectivity index (χ0n) is 20.1. The first-order valence-corrected chi connectivity index (χ1v) is 10.6. The molecule has 1 aromatic carbocycles. The van der Waals surface area contributed by atoms with Crippen LogP contribution in [-0.2, 0) is 19.0 Å². The number of esters is 1. The van der Waals surface area contributed by atoms with Crippen LogP contribution in [-0.4, -0.2) is 45.1 Å². The first kappa shape index (κ1) is 25.3. The van der Waals surface area contributed by atoms with Crippen LogP contribution in [0.3, 0.4) is 0 Å². The Morgan fingerprint density at radius 3 is 2.59 bits per heavy atom. The Kier molecular flexibility index (Phi) is 9.14. The van der Waals surface area contributed by atoms with Crippen molar-refractivity contribution < 1.29 is 28.5 Å². The van der Waals surface area contributed by atoms with Crippen LogP contribution in [0.4, 0.5) is 0 Å². The fourth-order valence-corrected chi connectivity index (χ4v) is 3.05. The quantitative estimate of drug-likeness (QED) is 0.180. The summed E-state index contributed by atoms with van der Waals surface area (Å²) in [5, 5.41) is 0. The number of carbonyl (C=O) groups excluding carboxylic acids is 1. The Balaban J connectivity index is 2.17. The maximum Gasteiger partial charge on any atom is 0.341 e. The van der Waals surface area contributed by atoms with Crippen molar-refractivity contribution in [2.75, 3.05) is 27.4 Å². The third-order valence-electron chi connectivity index (χ3n) is 5.00. The van der Waals surface area contributed by atoms with Crippen molar-refractivity contribution >= 4 is 12.0 Å². The second kappa shape index (κ2) is 11.6. The van der Waals surface area contributed by atoms with Crippen LogP contribution in [0, 0.1) is 0 Å². The van der Waals surface area contributed by atoms with Crippen molar-refractivity contribution in [3.63, 3.8) is 0 Å². The molecule has 0 spiro atoms. The Hall–Kier alpha value is -2.99. The molecular weight excluding hydrogens is 408 g/mol. The van der Waals surface area contributed by atoms with Crippen molar-refractivity contribution in [2.45, 2.75) is 46.3 Å². The molecular formula is C26H34O6. The minimum atomic E-state index is -0.556. The molecule has 0 amide bonds. The van der Waals surface area contributed by atoms with Crippen molar-refractivity contribution in [2.24, 2.45) is 0 Å². The molecule has 0 unspecified atom stereocenters. The van der Waals surface area contributed by atoms with Crippen molar-refractivity contribution in [1.82, 2.24) is 0 Å². The van der Waals surface area contributed by atoms with Crippen molar-refractivity contribution in [3.8, 4) is 11.5 Å². The SMILES string of the molecule is CO\C=C(C(=O)OC)/C(C)=C\C=C\c1ccc2c(c1)OC(C)(C)[C@H](OCC=C(C)C)CO2. The molecule has 0 saturated carbocycles. The zero-order valence-corrected chi connectivity index (χ0v) is 20.1. The average molecular weight is 443 g/mol. The van der Waals surface area contributed by atoms with E-state index in [4.69, 9.17) is 23.7 Å². The minimum absolute atomic E-state index is 0.209. The first-order valence-electron chi connectivity index (χ1n) is 10.6. The van der Waals surface area contributed by atoms with Crippen LogP contribution < -0.4 is 9.47 Å². The van der Waals surface area contributed by atoms with E-state index in [1.165, 1.54) is 26.1 Å². The molecule has 0 saturated heterocycles. The lowest BCUT2D eigenvalue weighted by molar-refractivity contribution is -0.135. The predicted octanol–water partition coefficient (Wildman–Crippen LogP) is 5.25. The number of benzene rings is 1. The fraction of sp³-hybridized carbons (Fsp3) is 0.423. The van der Waals surface area contributed by atoms with Gasteiger partial charge in [0.05, 0.1) is 32.7 Å². The number of rotatable bonds is 8. The van der Waals surface area contributed by atoms with Gasteiger partial charge in [0.2, 0.25) is 0 Å². The van der Waals surface area contributed by atoms with Gasteiger partial charge in [-0.25, -0.2) is 4.79 Å². The smallest absolute Gasteiger partial charge is 0.341 e. The van der Waals surface area contributed by atoms with Gasteiger partial charge in [-0.1, -0.05) is 35.9 Å². The van der Waals surface area contributed by atoms with E-state index >= 15 is 0 Å². The number of allylic oxidation sites excluding steroid dienone is 3. The number of hydrogen-bond donors (Lipinski definition) is 0. The van der Waals surface area contributed by atoms with Crippen LogP contribution in [0.25, 0.3) is 6.08 Å². The average Bonchev–Trinajstić information content (AvgIpc) is 2.86. The largest absolute Gasteiger partial charge is 0.503 e. The summed E-state index contributed by atoms with van der Waals surface area (Å²) in [7, 11) is 2.83. The monoisotopic (exact) mass is 442 g/mol. The highest BCUT2D eigenvalue weighted by atomic mass is 16.6. The van der Waals surface area contributed by atoms with E-state index in [1.54, 1.807) is 0 Å². The van der Waals surface area contributed by atoms with E-state index in [0.29, 0.717) is 30.3 Å². The van der Waals surface area contributed by atoms with Gasteiger partial charge in [-0.2, -0.15) is 0 Å². The molecule has 6 heteroatoms. The van der Waals surface area contributed by atoms with Crippen LogP contribution in [0.2, 0.25) is 0 Å². The number of methoxy groups -OCH3 is 2. The molecule has 1 aliphatic heterocycles. The van der Waals surface area contributed by atoms with Gasteiger partial charge >= 0.3 is 5.97 Å². The molecule has 0 N–H and O–H groups in total. The third kappa shape index (κ3) is 7.02. The van der Waals surface area contributed by atoms with Crippen molar-refractivity contribution in [3.05, 3.63) is 65.0 Å². The van der Waals surface area contributed by atoms with E-state index in [2.05, 4.69) is 0 Å². The normalized spacial score (nSPS) is 18.2. The molecule has 0 aromatic heterocycles. The predicted molar refractivity (Wildman–Crippen MR) is 126 cm³/mol. The van der Waals surface area contributed by atoms with E-state index in [9.17, 15) is 4.79 Å². The summed E-state index contributed by atoms with van der Waals surface area (Å²) in [6, 6.07) is 5.78. The highest BCUT2D eigenvalue weighted by Gasteiger charge is 2.36. The summed E-state index contributed by atoms with van der Waals surface area (Å²) in [4.78, 5) is 11.9. The Morgan fingerprint density at radius 1 is 1.19 bits per heavy atom. The molecule has 0 radical (unpaired) electrons. The van der Waals surface area contributed by atoms with E-state index < -0.39 is 11.6 Å². The molecule has 1 aliphatic rings. The summed E-state index contributed by atoms with van der Waals surface area (Å²) < 4.78 is 28.0. The van der Waals surface area contributed by atoms with E-state index in [1.807, 2.05) is 77.1 Å². The number of hydrogen-bond acceptors (Lipinski definition) is 6. The second-order valence-electron chi connectivity index (χ2n) is 8.29. The Morgan fingerprint density at radius 2 is 1.94 bits per heavy atom. The molecule has 1 aromatic rings. The van der Waals surface area contributed by atoms with Crippen LogP contribution in [0.15, 0.2) is 59.4 Å². The summed E-state index contributed by atoms with van der Waals surface area (Å²) in [6.45, 7) is 10.8. The molecule has 0 aliphatic carbocycles. The molecule has 0 bridgehead atoms. The topological polar surface area (TPSA) is 63.2 Å². The van der Waals surface area contributed by atoms with Gasteiger partial charge in [0.1, 0.15) is 18.3 Å². The summed E-state index contributed by atoms with van der Waals surface area (Å²) in [5.41, 5.74) is 2.67. The Bertz CT molecular complexity index is 916. The first-order chi connectivity index (χ1) is 15.2. The van der Waals surface area contributed by atoms with Gasteiger partial charge in [-0.05, 0) is 57.9 Å². The molecule has 32 heavy (non-hydrogen) atoms. The molecule has 1 atom stereocenters. The number of ether oxygens (including phenoxy) is 5. The maximum atomic E-state index is 11.9. The van der Waals surface area contributed by atoms with Gasteiger partial charge in [0, 0.05) is 0 Å². The highest BCUT2D eigenvalue weighted by Crippen LogP contribution is 2.36. The van der Waals surface area contributed by atoms with Gasteiger partial charge in [0.25, 0.3) is 0 Å². The lowest BCUT2D eigenvalue weighted by Gasteiger charge is -2.31. The van der Waals surface area contributed by atoms with E-state index in [0.717, 1.165) is 11.1 Å². The molecule has 0 fully saturated rings. The fourth-order valence-electron chi connectivity index (χ4n) is 3.05. The van der Waals surface area contributed by atoms with Gasteiger partial charge in [0.15, 0.2) is 11.5 Å². The summed E-state index contributed by atoms with van der Waals surface area (Å²) >= 11 is 0. The highest BCUT2D eigenvalue weighted by molar-refractivity contribution is 5.93. The standard InChI is InChI=1S/C26H34O6/c1-18(2)13-14-30-24-17-31-22-12-11-20(15-23(22)32-26(24,4)5)10-8-9-19(3)21(16-28-6)25(27)29-7/h8-13,15-16,24H,14,17H2,1-7H3/b10-8+,19-9-,21-16+/t24-/m1/s1. The molecule has 6 nitrogen and oxygen atoms in total.